The van der Waals surface area contributed by atoms with Crippen LogP contribution in [0.5, 0.6) is 0 Å². The number of hydrogen-bond acceptors (Lipinski definition) is 3. The minimum Gasteiger partial charge on any atom is -0.368 e. The fraction of sp³-hybridized carbons (Fsp3) is 0.105. The summed E-state index contributed by atoms with van der Waals surface area (Å²) in [5.74, 6) is -0.904. The SMILES string of the molecule is NC(=O)[C@@H](Cc1ccc(I)cc1)NC(=O)c1ccnc2ccccc12. The highest BCUT2D eigenvalue weighted by atomic mass is 127. The van der Waals surface area contributed by atoms with Crippen molar-refractivity contribution < 1.29 is 9.59 Å². The van der Waals surface area contributed by atoms with E-state index < -0.39 is 11.9 Å². The zero-order valence-corrected chi connectivity index (χ0v) is 15.4. The lowest BCUT2D eigenvalue weighted by molar-refractivity contribution is -0.119. The van der Waals surface area contributed by atoms with Gasteiger partial charge in [-0.15, -0.1) is 0 Å². The lowest BCUT2D eigenvalue weighted by atomic mass is 10.0. The number of nitrogens with zero attached hydrogens (tertiary/aromatic N) is 1. The molecule has 3 aromatic rings. The Kier molecular flexibility index (Phi) is 5.28. The van der Waals surface area contributed by atoms with Crippen molar-refractivity contribution in [3.05, 3.63) is 75.5 Å². The molecule has 3 rings (SSSR count). The largest absolute Gasteiger partial charge is 0.368 e. The number of para-hydroxylation sites is 1. The van der Waals surface area contributed by atoms with Crippen molar-refractivity contribution in [2.24, 2.45) is 5.73 Å². The van der Waals surface area contributed by atoms with Gasteiger partial charge in [0.1, 0.15) is 6.04 Å². The average molecular weight is 445 g/mol. The number of nitrogens with one attached hydrogen (secondary N) is 1. The van der Waals surface area contributed by atoms with Gasteiger partial charge in [-0.05, 0) is 52.4 Å². The molecule has 25 heavy (non-hydrogen) atoms. The molecule has 0 aliphatic carbocycles. The Balaban J connectivity index is 1.83. The second-order valence-electron chi connectivity index (χ2n) is 5.63. The second-order valence-corrected chi connectivity index (χ2v) is 6.88. The van der Waals surface area contributed by atoms with Crippen molar-refractivity contribution in [1.82, 2.24) is 10.3 Å². The Morgan fingerprint density at radius 1 is 1.08 bits per heavy atom. The summed E-state index contributed by atoms with van der Waals surface area (Å²) in [4.78, 5) is 28.7. The Morgan fingerprint density at radius 3 is 2.52 bits per heavy atom. The van der Waals surface area contributed by atoms with E-state index in [1.54, 1.807) is 12.3 Å². The summed E-state index contributed by atoms with van der Waals surface area (Å²) in [5.41, 5.74) is 7.62. The van der Waals surface area contributed by atoms with E-state index in [0.29, 0.717) is 12.0 Å². The summed E-state index contributed by atoms with van der Waals surface area (Å²) < 4.78 is 1.10. The van der Waals surface area contributed by atoms with Gasteiger partial charge in [0.25, 0.3) is 5.91 Å². The molecule has 0 aliphatic heterocycles. The fourth-order valence-corrected chi connectivity index (χ4v) is 2.97. The molecule has 0 fully saturated rings. The molecular formula is C19H16IN3O2. The van der Waals surface area contributed by atoms with Gasteiger partial charge < -0.3 is 11.1 Å². The van der Waals surface area contributed by atoms with Crippen molar-refractivity contribution >= 4 is 45.3 Å². The van der Waals surface area contributed by atoms with Crippen LogP contribution in [0, 0.1) is 3.57 Å². The number of benzene rings is 2. The van der Waals surface area contributed by atoms with Crippen LogP contribution in [0.3, 0.4) is 0 Å². The molecule has 126 valence electrons. The van der Waals surface area contributed by atoms with Gasteiger partial charge in [-0.25, -0.2) is 0 Å². The van der Waals surface area contributed by atoms with E-state index in [0.717, 1.165) is 20.0 Å². The standard InChI is InChI=1S/C19H16IN3O2/c20-13-7-5-12(6-8-13)11-17(18(21)24)23-19(25)15-9-10-22-16-4-2-1-3-14(15)16/h1-10,17H,11H2,(H2,21,24)(H,23,25)/t17-/m1/s1. The maximum absolute atomic E-state index is 12.7. The van der Waals surface area contributed by atoms with Gasteiger partial charge in [0, 0.05) is 21.6 Å². The molecule has 6 heteroatoms. The molecule has 0 saturated heterocycles. The van der Waals surface area contributed by atoms with Crippen molar-refractivity contribution in [2.75, 3.05) is 0 Å². The van der Waals surface area contributed by atoms with Gasteiger partial charge >= 0.3 is 0 Å². The third-order valence-corrected chi connectivity index (χ3v) is 4.61. The van der Waals surface area contributed by atoms with Gasteiger partial charge in [0.2, 0.25) is 5.91 Å². The Morgan fingerprint density at radius 2 is 1.80 bits per heavy atom. The zero-order chi connectivity index (χ0) is 17.8. The summed E-state index contributed by atoms with van der Waals surface area (Å²) in [6.07, 6.45) is 1.93. The molecule has 2 aromatic carbocycles. The van der Waals surface area contributed by atoms with Crippen LogP contribution in [0.25, 0.3) is 10.9 Å². The summed E-state index contributed by atoms with van der Waals surface area (Å²) in [6.45, 7) is 0. The van der Waals surface area contributed by atoms with Crippen molar-refractivity contribution in [1.29, 1.82) is 0 Å². The van der Waals surface area contributed by atoms with Crippen LogP contribution in [0.4, 0.5) is 0 Å². The third kappa shape index (κ3) is 4.14. The number of nitrogens with two attached hydrogens (primary N) is 1. The quantitative estimate of drug-likeness (QED) is 0.593. The maximum Gasteiger partial charge on any atom is 0.252 e. The molecule has 2 amide bonds. The van der Waals surface area contributed by atoms with E-state index in [2.05, 4.69) is 32.9 Å². The number of carbonyl (C=O) groups is 2. The molecule has 5 nitrogen and oxygen atoms in total. The molecule has 0 saturated carbocycles. The number of rotatable bonds is 5. The molecule has 1 heterocycles. The molecule has 0 bridgehead atoms. The smallest absolute Gasteiger partial charge is 0.252 e. The van der Waals surface area contributed by atoms with E-state index in [4.69, 9.17) is 5.73 Å². The number of primary amides is 1. The summed E-state index contributed by atoms with van der Waals surface area (Å²) >= 11 is 2.21. The number of amides is 2. The van der Waals surface area contributed by atoms with Crippen LogP contribution in [-0.2, 0) is 11.2 Å². The van der Waals surface area contributed by atoms with Crippen molar-refractivity contribution in [3.8, 4) is 0 Å². The normalized spacial score (nSPS) is 11.9. The summed E-state index contributed by atoms with van der Waals surface area (Å²) in [7, 11) is 0. The highest BCUT2D eigenvalue weighted by molar-refractivity contribution is 14.1. The van der Waals surface area contributed by atoms with E-state index in [1.807, 2.05) is 48.5 Å². The molecule has 1 atom stereocenters. The van der Waals surface area contributed by atoms with Crippen molar-refractivity contribution in [3.63, 3.8) is 0 Å². The zero-order valence-electron chi connectivity index (χ0n) is 13.3. The lowest BCUT2D eigenvalue weighted by Gasteiger charge is -2.16. The van der Waals surface area contributed by atoms with E-state index in [1.165, 1.54) is 0 Å². The Labute approximate surface area is 158 Å². The molecule has 0 aliphatic rings. The highest BCUT2D eigenvalue weighted by Crippen LogP contribution is 2.16. The minimum absolute atomic E-state index is 0.340. The molecular weight excluding hydrogens is 429 g/mol. The molecule has 1 aromatic heterocycles. The van der Waals surface area contributed by atoms with Crippen LogP contribution in [0.1, 0.15) is 15.9 Å². The first-order valence-corrected chi connectivity index (χ1v) is 8.81. The molecule has 0 spiro atoms. The fourth-order valence-electron chi connectivity index (χ4n) is 2.61. The Hall–Kier alpha value is -2.48. The van der Waals surface area contributed by atoms with Crippen molar-refractivity contribution in [2.45, 2.75) is 12.5 Å². The predicted octanol–water partition coefficient (Wildman–Crippen LogP) is 2.67. The second kappa shape index (κ2) is 7.60. The number of fused-ring (bicyclic) bond motifs is 1. The van der Waals surface area contributed by atoms with Crippen LogP contribution in [-0.4, -0.2) is 22.8 Å². The summed E-state index contributed by atoms with van der Waals surface area (Å²) in [6, 6.07) is 16.0. The van der Waals surface area contributed by atoms with Crippen LogP contribution in [0.15, 0.2) is 60.8 Å². The monoisotopic (exact) mass is 445 g/mol. The van der Waals surface area contributed by atoms with Crippen LogP contribution in [0.2, 0.25) is 0 Å². The number of halogens is 1. The minimum atomic E-state index is -0.778. The van der Waals surface area contributed by atoms with Gasteiger partial charge in [0.05, 0.1) is 11.1 Å². The average Bonchev–Trinajstić information content (AvgIpc) is 2.62. The Bertz CT molecular complexity index is 920. The van der Waals surface area contributed by atoms with E-state index in [9.17, 15) is 9.59 Å². The predicted molar refractivity (Wildman–Crippen MR) is 105 cm³/mol. The number of aromatic nitrogens is 1. The highest BCUT2D eigenvalue weighted by Gasteiger charge is 2.20. The third-order valence-electron chi connectivity index (χ3n) is 3.90. The van der Waals surface area contributed by atoms with E-state index >= 15 is 0 Å². The molecule has 0 radical (unpaired) electrons. The van der Waals surface area contributed by atoms with Crippen LogP contribution < -0.4 is 11.1 Å². The van der Waals surface area contributed by atoms with Gasteiger partial charge in [-0.2, -0.15) is 0 Å². The first-order valence-electron chi connectivity index (χ1n) is 7.73. The molecule has 0 unspecified atom stereocenters. The first-order chi connectivity index (χ1) is 12.0. The number of hydrogen-bond donors (Lipinski definition) is 2. The molecule has 3 N–H and O–H groups in total. The topological polar surface area (TPSA) is 85.1 Å². The van der Waals surface area contributed by atoms with Gasteiger partial charge in [-0.3, -0.25) is 14.6 Å². The van der Waals surface area contributed by atoms with Crippen LogP contribution >= 0.6 is 22.6 Å². The van der Waals surface area contributed by atoms with E-state index in [-0.39, 0.29) is 5.91 Å². The first kappa shape index (κ1) is 17.3. The lowest BCUT2D eigenvalue weighted by Crippen LogP contribution is -2.45. The van der Waals surface area contributed by atoms with Gasteiger partial charge in [0.15, 0.2) is 0 Å². The number of carbonyl (C=O) groups excluding carboxylic acids is 2. The van der Waals surface area contributed by atoms with Gasteiger partial charge in [-0.1, -0.05) is 30.3 Å². The summed E-state index contributed by atoms with van der Waals surface area (Å²) in [5, 5.41) is 3.48. The number of pyridine rings is 1. The maximum atomic E-state index is 12.7.